The van der Waals surface area contributed by atoms with E-state index in [1.165, 1.54) is 23.8 Å². The van der Waals surface area contributed by atoms with Gasteiger partial charge in [-0.3, -0.25) is 9.59 Å². The molecule has 6 heteroatoms. The molecule has 0 fully saturated rings. The number of hydrogen-bond donors (Lipinski definition) is 0. The number of rotatable bonds is 6. The van der Waals surface area contributed by atoms with Crippen LogP contribution in [0.15, 0.2) is 70.2 Å². The van der Waals surface area contributed by atoms with Crippen LogP contribution in [0.3, 0.4) is 0 Å². The highest BCUT2D eigenvalue weighted by Crippen LogP contribution is 2.42. The summed E-state index contributed by atoms with van der Waals surface area (Å²) in [6.45, 7) is 4.01. The number of amides is 2. The van der Waals surface area contributed by atoms with Gasteiger partial charge in [0.2, 0.25) is 0 Å². The first-order chi connectivity index (χ1) is 14.5. The Bertz CT molecular complexity index is 1150. The average Bonchev–Trinajstić information content (AvgIpc) is 3.35. The maximum Gasteiger partial charge on any atom is 0.272 e. The lowest BCUT2D eigenvalue weighted by Crippen LogP contribution is -2.31. The van der Waals surface area contributed by atoms with Crippen LogP contribution >= 0.6 is 11.8 Å². The quantitative estimate of drug-likeness (QED) is 0.519. The summed E-state index contributed by atoms with van der Waals surface area (Å²) in [4.78, 5) is 28.5. The second-order valence-corrected chi connectivity index (χ2v) is 7.97. The van der Waals surface area contributed by atoms with Crippen molar-refractivity contribution < 1.29 is 18.7 Å². The number of nitrogens with zero attached hydrogens (tertiary/aromatic N) is 1. The number of carbonyl (C=O) groups excluding carboxylic acids is 2. The molecule has 30 heavy (non-hydrogen) atoms. The molecule has 2 amide bonds. The molecule has 152 valence electrons. The highest BCUT2D eigenvalue weighted by Gasteiger charge is 2.41. The molecule has 0 bridgehead atoms. The minimum absolute atomic E-state index is 0.352. The predicted octanol–water partition coefficient (Wildman–Crippen LogP) is 5.12. The van der Waals surface area contributed by atoms with Gasteiger partial charge in [-0.15, -0.1) is 11.8 Å². The lowest BCUT2D eigenvalue weighted by Gasteiger charge is -2.18. The van der Waals surface area contributed by atoms with E-state index in [4.69, 9.17) is 9.15 Å². The number of para-hydroxylation sites is 2. The highest BCUT2D eigenvalue weighted by molar-refractivity contribution is 8.03. The fourth-order valence-corrected chi connectivity index (χ4v) is 4.38. The smallest absolute Gasteiger partial charge is 0.272 e. The van der Waals surface area contributed by atoms with E-state index in [1.807, 2.05) is 38.1 Å². The SMILES string of the molecule is COc1ccccc1N1C(=O)C(SCc2ccco2)=C(c2ccc(C)c(C)c2)C1=O. The van der Waals surface area contributed by atoms with Gasteiger partial charge in [-0.25, -0.2) is 4.90 Å². The zero-order valence-corrected chi connectivity index (χ0v) is 17.8. The Hall–Kier alpha value is -3.25. The largest absolute Gasteiger partial charge is 0.495 e. The molecular formula is C24H21NO4S. The Morgan fingerprint density at radius 1 is 0.967 bits per heavy atom. The third-order valence-corrected chi connectivity index (χ3v) is 6.20. The zero-order valence-electron chi connectivity index (χ0n) is 17.0. The average molecular weight is 420 g/mol. The van der Waals surface area contributed by atoms with Crippen LogP contribution in [-0.2, 0) is 15.3 Å². The van der Waals surface area contributed by atoms with Gasteiger partial charge in [-0.1, -0.05) is 30.3 Å². The molecule has 0 saturated carbocycles. The van der Waals surface area contributed by atoms with Crippen LogP contribution in [0.4, 0.5) is 5.69 Å². The van der Waals surface area contributed by atoms with Crippen molar-refractivity contribution in [1.82, 2.24) is 0 Å². The number of aryl methyl sites for hydroxylation is 2. The van der Waals surface area contributed by atoms with Gasteiger partial charge in [0.05, 0.1) is 35.3 Å². The molecule has 0 aliphatic carbocycles. The molecular weight excluding hydrogens is 398 g/mol. The van der Waals surface area contributed by atoms with E-state index >= 15 is 0 Å². The Morgan fingerprint density at radius 3 is 2.47 bits per heavy atom. The van der Waals surface area contributed by atoms with Crippen molar-refractivity contribution in [2.75, 3.05) is 12.0 Å². The normalized spacial score (nSPS) is 14.0. The van der Waals surface area contributed by atoms with Gasteiger partial charge in [0.1, 0.15) is 11.5 Å². The van der Waals surface area contributed by atoms with E-state index in [0.29, 0.717) is 27.7 Å². The molecule has 1 aliphatic rings. The molecule has 5 nitrogen and oxygen atoms in total. The van der Waals surface area contributed by atoms with Crippen LogP contribution in [0.2, 0.25) is 0 Å². The molecule has 1 aromatic heterocycles. The molecule has 3 aromatic rings. The summed E-state index contributed by atoms with van der Waals surface area (Å²) in [5, 5.41) is 0. The van der Waals surface area contributed by atoms with Crippen LogP contribution < -0.4 is 9.64 Å². The molecule has 1 aliphatic heterocycles. The van der Waals surface area contributed by atoms with E-state index < -0.39 is 0 Å². The van der Waals surface area contributed by atoms with Gasteiger partial charge in [0.15, 0.2) is 0 Å². The fourth-order valence-electron chi connectivity index (χ4n) is 3.37. The molecule has 4 rings (SSSR count). The summed E-state index contributed by atoms with van der Waals surface area (Å²) in [5.41, 5.74) is 3.76. The number of benzene rings is 2. The molecule has 0 radical (unpaired) electrons. The summed E-state index contributed by atoms with van der Waals surface area (Å²) < 4.78 is 10.8. The molecule has 0 saturated heterocycles. The van der Waals surface area contributed by atoms with Crippen LogP contribution in [0.25, 0.3) is 5.57 Å². The van der Waals surface area contributed by atoms with E-state index in [1.54, 1.807) is 36.6 Å². The molecule has 0 atom stereocenters. The lowest BCUT2D eigenvalue weighted by atomic mass is 10.0. The van der Waals surface area contributed by atoms with Gasteiger partial charge in [0.25, 0.3) is 11.8 Å². The Morgan fingerprint density at radius 2 is 1.77 bits per heavy atom. The minimum Gasteiger partial charge on any atom is -0.495 e. The molecule has 2 heterocycles. The van der Waals surface area contributed by atoms with Gasteiger partial charge in [-0.05, 0) is 54.8 Å². The summed E-state index contributed by atoms with van der Waals surface area (Å²) in [7, 11) is 1.52. The van der Waals surface area contributed by atoms with E-state index in [0.717, 1.165) is 22.5 Å². The van der Waals surface area contributed by atoms with Crippen molar-refractivity contribution in [3.63, 3.8) is 0 Å². The lowest BCUT2D eigenvalue weighted by molar-refractivity contribution is -0.119. The summed E-state index contributed by atoms with van der Waals surface area (Å²) >= 11 is 1.31. The Balaban J connectivity index is 1.80. The maximum absolute atomic E-state index is 13.5. The number of ether oxygens (including phenoxy) is 1. The van der Waals surface area contributed by atoms with E-state index in [9.17, 15) is 9.59 Å². The molecule has 0 unspecified atom stereocenters. The Kier molecular flexibility index (Phi) is 5.50. The summed E-state index contributed by atoms with van der Waals surface area (Å²) in [6.07, 6.45) is 1.59. The topological polar surface area (TPSA) is 59.8 Å². The predicted molar refractivity (Wildman–Crippen MR) is 118 cm³/mol. The summed E-state index contributed by atoms with van der Waals surface area (Å²) in [5.74, 6) is 0.956. The third-order valence-electron chi connectivity index (χ3n) is 5.10. The molecule has 0 N–H and O–H groups in total. The van der Waals surface area contributed by atoms with Gasteiger partial charge in [0, 0.05) is 0 Å². The number of anilines is 1. The number of methoxy groups -OCH3 is 1. The van der Waals surface area contributed by atoms with Crippen LogP contribution in [0.5, 0.6) is 5.75 Å². The van der Waals surface area contributed by atoms with Crippen molar-refractivity contribution >= 4 is 34.8 Å². The Labute approximate surface area is 179 Å². The standard InChI is InChI=1S/C24H21NO4S/c1-15-10-11-17(13-16(15)2)21-22(30-14-18-7-6-12-29-18)24(27)25(23(21)26)19-8-4-5-9-20(19)28-3/h4-13H,14H2,1-3H3. The number of furan rings is 1. The van der Waals surface area contributed by atoms with Crippen LogP contribution in [0.1, 0.15) is 22.5 Å². The first-order valence-electron chi connectivity index (χ1n) is 9.50. The van der Waals surface area contributed by atoms with Gasteiger partial charge < -0.3 is 9.15 Å². The second kappa shape index (κ2) is 8.24. The monoisotopic (exact) mass is 419 g/mol. The third kappa shape index (κ3) is 3.55. The minimum atomic E-state index is -0.353. The number of hydrogen-bond acceptors (Lipinski definition) is 5. The van der Waals surface area contributed by atoms with Crippen molar-refractivity contribution in [3.05, 3.63) is 88.2 Å². The first-order valence-corrected chi connectivity index (χ1v) is 10.5. The highest BCUT2D eigenvalue weighted by atomic mass is 32.2. The van der Waals surface area contributed by atoms with E-state index in [-0.39, 0.29) is 11.8 Å². The first kappa shape index (κ1) is 20.0. The summed E-state index contributed by atoms with van der Waals surface area (Å²) in [6, 6.07) is 16.5. The number of thioether (sulfide) groups is 1. The van der Waals surface area contributed by atoms with Crippen molar-refractivity contribution in [2.24, 2.45) is 0 Å². The number of imide groups is 1. The molecule has 2 aromatic carbocycles. The number of carbonyl (C=O) groups is 2. The van der Waals surface area contributed by atoms with Crippen molar-refractivity contribution in [3.8, 4) is 5.75 Å². The van der Waals surface area contributed by atoms with Crippen molar-refractivity contribution in [1.29, 1.82) is 0 Å². The molecule has 0 spiro atoms. The van der Waals surface area contributed by atoms with Crippen LogP contribution in [-0.4, -0.2) is 18.9 Å². The van der Waals surface area contributed by atoms with E-state index in [2.05, 4.69) is 0 Å². The maximum atomic E-state index is 13.5. The van der Waals surface area contributed by atoms with Crippen LogP contribution in [0, 0.1) is 13.8 Å². The van der Waals surface area contributed by atoms with Gasteiger partial charge in [-0.2, -0.15) is 0 Å². The second-order valence-electron chi connectivity index (χ2n) is 6.99. The van der Waals surface area contributed by atoms with Crippen molar-refractivity contribution in [2.45, 2.75) is 19.6 Å². The zero-order chi connectivity index (χ0) is 21.3. The van der Waals surface area contributed by atoms with Gasteiger partial charge >= 0.3 is 0 Å². The fraction of sp³-hybridized carbons (Fsp3) is 0.167.